The lowest BCUT2D eigenvalue weighted by atomic mass is 9.86. The number of rotatable bonds is 14. The van der Waals surface area contributed by atoms with Crippen LogP contribution in [0.4, 0.5) is 23.7 Å². The van der Waals surface area contributed by atoms with Gasteiger partial charge in [0.25, 0.3) is 0 Å². The number of carbonyl (C=O) groups is 4. The molecule has 13 nitrogen and oxygen atoms in total. The number of anilines is 1. The molecule has 4 aromatic carbocycles. The maximum absolute atomic E-state index is 14.6. The van der Waals surface area contributed by atoms with Gasteiger partial charge in [0.1, 0.15) is 22.8 Å². The Morgan fingerprint density at radius 3 is 1.45 bits per heavy atom. The number of piperidine rings is 2. The summed E-state index contributed by atoms with van der Waals surface area (Å²) < 4.78 is 79.2. The normalized spacial score (nSPS) is 17.8. The van der Waals surface area contributed by atoms with Crippen LogP contribution in [0.3, 0.4) is 0 Å². The Morgan fingerprint density at radius 2 is 0.989 bits per heavy atom. The van der Waals surface area contributed by atoms with E-state index in [0.717, 1.165) is 63.6 Å². The Morgan fingerprint density at radius 1 is 0.549 bits per heavy atom. The molecule has 508 valence electrons. The lowest BCUT2D eigenvalue weighted by Gasteiger charge is -2.39. The molecule has 19 heteroatoms. The topological polar surface area (TPSA) is 139 Å². The number of esters is 3. The minimum Gasteiger partial charge on any atom is -0.496 e. The highest BCUT2D eigenvalue weighted by atomic mass is 79.9. The summed E-state index contributed by atoms with van der Waals surface area (Å²) in [5, 5.41) is 1.66. The molecular formula is C72H104BrClF3N2O11P. The number of methoxy groups -OCH3 is 3. The molecule has 0 spiro atoms. The Bertz CT molecular complexity index is 2860. The molecule has 5 aliphatic rings. The predicted molar refractivity (Wildman–Crippen MR) is 367 cm³/mol. The first-order valence-electron chi connectivity index (χ1n) is 32.7. The Balaban J connectivity index is 0.000000253. The molecule has 2 aliphatic heterocycles. The van der Waals surface area contributed by atoms with Gasteiger partial charge in [0, 0.05) is 57.4 Å². The van der Waals surface area contributed by atoms with E-state index in [0.29, 0.717) is 25.9 Å². The van der Waals surface area contributed by atoms with E-state index in [1.54, 1.807) is 61.1 Å². The maximum atomic E-state index is 14.6. The highest BCUT2D eigenvalue weighted by Crippen LogP contribution is 2.57. The zero-order valence-corrected chi connectivity index (χ0v) is 59.6. The molecule has 0 aromatic heterocycles. The van der Waals surface area contributed by atoms with Crippen molar-refractivity contribution in [1.29, 1.82) is 0 Å². The fraction of sp³-hybridized carbons (Fsp3) is 0.611. The lowest BCUT2D eigenvalue weighted by Crippen LogP contribution is -2.50. The van der Waals surface area contributed by atoms with Crippen molar-refractivity contribution in [2.75, 3.05) is 72.2 Å². The van der Waals surface area contributed by atoms with Gasteiger partial charge in [-0.1, -0.05) is 101 Å². The van der Waals surface area contributed by atoms with Crippen molar-refractivity contribution < 1.29 is 65.5 Å². The molecule has 4 aromatic rings. The van der Waals surface area contributed by atoms with E-state index < -0.39 is 46.6 Å². The van der Waals surface area contributed by atoms with Crippen molar-refractivity contribution in [3.63, 3.8) is 0 Å². The van der Waals surface area contributed by atoms with Crippen LogP contribution in [0.2, 0.25) is 0 Å². The molecule has 91 heavy (non-hydrogen) atoms. The molecule has 0 radical (unpaired) electrons. The molecule has 1 amide bonds. The fourth-order valence-electron chi connectivity index (χ4n) is 12.3. The van der Waals surface area contributed by atoms with E-state index >= 15 is 0 Å². The van der Waals surface area contributed by atoms with Gasteiger partial charge in [-0.25, -0.2) is 32.3 Å². The van der Waals surface area contributed by atoms with Crippen molar-refractivity contribution in [1.82, 2.24) is 4.90 Å². The van der Waals surface area contributed by atoms with Crippen LogP contribution in [0.5, 0.6) is 17.2 Å². The van der Waals surface area contributed by atoms with Gasteiger partial charge in [-0.15, -0.1) is 12.4 Å². The van der Waals surface area contributed by atoms with Gasteiger partial charge in [-0.3, -0.25) is 0 Å². The molecule has 3 aliphatic carbocycles. The zero-order chi connectivity index (χ0) is 66.1. The van der Waals surface area contributed by atoms with Crippen LogP contribution < -0.4 is 24.4 Å². The fourth-order valence-corrected chi connectivity index (χ4v) is 16.9. The number of aryl methyl sites for hydroxylation is 3. The Hall–Kier alpha value is -5.25. The first-order chi connectivity index (χ1) is 42.9. The van der Waals surface area contributed by atoms with Crippen LogP contribution >= 0.6 is 36.3 Å². The van der Waals surface area contributed by atoms with Crippen LogP contribution in [0.15, 0.2) is 83.3 Å². The second-order valence-electron chi connectivity index (χ2n) is 25.0. The summed E-state index contributed by atoms with van der Waals surface area (Å²) in [5.74, 6) is 0.438. The molecular weight excluding hydrogens is 1270 g/mol. The van der Waals surface area contributed by atoms with Gasteiger partial charge in [-0.2, -0.15) is 0 Å². The van der Waals surface area contributed by atoms with Crippen molar-refractivity contribution in [2.24, 2.45) is 0 Å². The highest BCUT2D eigenvalue weighted by Gasteiger charge is 2.46. The number of nitrogens with zero attached hydrogens (tertiary/aromatic N) is 2. The van der Waals surface area contributed by atoms with E-state index in [4.69, 9.17) is 28.4 Å². The predicted octanol–water partition coefficient (Wildman–Crippen LogP) is 18.0. The highest BCUT2D eigenvalue weighted by molar-refractivity contribution is 9.10. The van der Waals surface area contributed by atoms with Crippen LogP contribution in [0, 0.1) is 20.8 Å². The van der Waals surface area contributed by atoms with Gasteiger partial charge in [0.15, 0.2) is 0 Å². The number of benzene rings is 4. The Kier molecular flexibility index (Phi) is 32.8. The van der Waals surface area contributed by atoms with Gasteiger partial charge in [0.05, 0.1) is 51.3 Å². The van der Waals surface area contributed by atoms with Gasteiger partial charge in [0.2, 0.25) is 17.0 Å². The second kappa shape index (κ2) is 38.2. The van der Waals surface area contributed by atoms with E-state index in [1.807, 2.05) is 57.4 Å². The largest absolute Gasteiger partial charge is 0.496 e. The number of carbonyl (C=O) groups excluding carboxylic acids is 4. The maximum Gasteiger partial charge on any atom is 0.410 e. The number of likely N-dealkylation sites (tertiary alicyclic amines) is 1. The van der Waals surface area contributed by atoms with Crippen LogP contribution in [-0.2, 0) is 33.3 Å². The summed E-state index contributed by atoms with van der Waals surface area (Å²) in [6.45, 7) is 18.5. The minimum atomic E-state index is -1.98. The van der Waals surface area contributed by atoms with Crippen LogP contribution in [0.25, 0.3) is 11.1 Å². The smallest absolute Gasteiger partial charge is 0.410 e. The van der Waals surface area contributed by atoms with Crippen molar-refractivity contribution >= 4 is 71.3 Å². The van der Waals surface area contributed by atoms with Crippen LogP contribution in [-0.4, -0.2) is 130 Å². The molecule has 2 saturated heterocycles. The third-order valence-electron chi connectivity index (χ3n) is 17.2. The number of alkyl halides is 3. The summed E-state index contributed by atoms with van der Waals surface area (Å²) in [6.07, 6.45) is 17.4. The molecule has 5 fully saturated rings. The monoisotopic (exact) mass is 1370 g/mol. The zero-order valence-electron chi connectivity index (χ0n) is 56.3. The SMILES string of the molecule is CCOC(=O)C1(F)CCCCC1.CCOC(=O)C1(F)CCN(C(=O)OC(C)(C)C)CC1.CCOC(=O)C1(F)CCN(c2cc(C)ccc2OC)CC1.COc1ccc(C)cc1Br.COc1cccc(C)c1-c1ccccc1P(C1CCCCC1)C1CCCCC1.Cl. The average molecular weight is 1380 g/mol. The molecule has 0 N–H and O–H groups in total. The summed E-state index contributed by atoms with van der Waals surface area (Å²) >= 11 is 3.38. The number of halogens is 5. The van der Waals surface area contributed by atoms with Gasteiger partial charge >= 0.3 is 24.0 Å². The van der Waals surface area contributed by atoms with Gasteiger partial charge < -0.3 is 43.0 Å². The third-order valence-corrected chi connectivity index (χ3v) is 21.3. The molecule has 2 heterocycles. The Labute approximate surface area is 557 Å². The molecule has 3 saturated carbocycles. The first kappa shape index (κ1) is 78.2. The van der Waals surface area contributed by atoms with E-state index in [9.17, 15) is 32.3 Å². The van der Waals surface area contributed by atoms with Gasteiger partial charge in [-0.05, 0) is 199 Å². The van der Waals surface area contributed by atoms with E-state index in [1.165, 1.54) is 91.4 Å². The first-order valence-corrected chi connectivity index (χ1v) is 34.9. The number of amides is 1. The van der Waals surface area contributed by atoms with Crippen LogP contribution in [0.1, 0.15) is 180 Å². The quantitative estimate of drug-likeness (QED) is 0.0674. The third kappa shape index (κ3) is 23.3. The second-order valence-corrected chi connectivity index (χ2v) is 28.7. The number of hydrogen-bond donors (Lipinski definition) is 0. The number of hydrogen-bond acceptors (Lipinski definition) is 12. The summed E-state index contributed by atoms with van der Waals surface area (Å²) in [7, 11) is 4.97. The molecule has 0 unspecified atom stereocenters. The van der Waals surface area contributed by atoms with E-state index in [-0.39, 0.29) is 78.9 Å². The van der Waals surface area contributed by atoms with Crippen molar-refractivity contribution in [3.05, 3.63) is 100 Å². The minimum absolute atomic E-state index is 0. The van der Waals surface area contributed by atoms with E-state index in [2.05, 4.69) is 75.0 Å². The molecule has 0 bridgehead atoms. The standard InChI is InChI=1S/C26H35OP.C16H22FNO3.C13H22FNO4.C9H15FO2.C8H9BrO.ClH/c1-20-12-11-18-24(27-2)26(20)23-17-9-10-19-25(23)28(21-13-5-3-6-14-21)22-15-7-4-8-16-22;1-4-21-15(19)16(17)7-9-18(10-8-16)13-11-12(2)5-6-14(13)20-3;1-5-18-10(16)13(14)6-8-15(9-7-13)11(17)19-12(2,3)4;1-2-12-8(11)9(10)6-4-3-5-7-9;1-6-3-4-8(10-2)7(9)5-6;/h9-12,17-19,21-22H,3-8,13-16H2,1-2H3;5-6,11H,4,7-10H2,1-3H3;5-9H2,1-4H3;2-7H2,1H3;3-5H,1-2H3;1H. The summed E-state index contributed by atoms with van der Waals surface area (Å²) in [5.41, 5.74) is 3.14. The molecule has 9 rings (SSSR count). The lowest BCUT2D eigenvalue weighted by molar-refractivity contribution is -0.161. The summed E-state index contributed by atoms with van der Waals surface area (Å²) in [6, 6.07) is 27.7. The van der Waals surface area contributed by atoms with Crippen molar-refractivity contribution in [2.45, 2.75) is 218 Å². The average Bonchev–Trinajstić information content (AvgIpc) is 0.904. The summed E-state index contributed by atoms with van der Waals surface area (Å²) in [4.78, 5) is 49.6. The van der Waals surface area contributed by atoms with Crippen molar-refractivity contribution in [3.8, 4) is 28.4 Å². The number of ether oxygens (including phenoxy) is 7. The molecule has 0 atom stereocenters.